The second kappa shape index (κ2) is 10.3. The Morgan fingerprint density at radius 2 is 1.81 bits per heavy atom. The third-order valence-corrected chi connectivity index (χ3v) is 8.72. The van der Waals surface area contributed by atoms with Crippen LogP contribution in [-0.2, 0) is 12.8 Å². The largest absolute Gasteiger partial charge is 0.322 e. The molecule has 36 heavy (non-hydrogen) atoms. The Morgan fingerprint density at radius 1 is 1.06 bits per heavy atom. The number of amides is 1. The lowest BCUT2D eigenvalue weighted by Crippen LogP contribution is -2.17. The van der Waals surface area contributed by atoms with Crippen LogP contribution in [0.2, 0.25) is 10.0 Å². The Kier molecular flexibility index (Phi) is 7.07. The first-order valence-electron chi connectivity index (χ1n) is 12.0. The maximum Gasteiger partial charge on any atom is 0.258 e. The summed E-state index contributed by atoms with van der Waals surface area (Å²) in [6, 6.07) is 15.4. The zero-order chi connectivity index (χ0) is 25.4. The van der Waals surface area contributed by atoms with Crippen molar-refractivity contribution in [3.63, 3.8) is 0 Å². The number of nitrogens with zero attached hydrogens (tertiary/aromatic N) is 2. The van der Waals surface area contributed by atoms with Gasteiger partial charge >= 0.3 is 0 Å². The maximum absolute atomic E-state index is 13.7. The molecule has 0 saturated carbocycles. The van der Waals surface area contributed by atoms with Gasteiger partial charge in [-0.15, -0.1) is 11.3 Å². The number of halogens is 2. The Bertz CT molecular complexity index is 1480. The summed E-state index contributed by atoms with van der Waals surface area (Å²) in [6.45, 7) is 6.17. The number of aliphatic imine (C=N–C) groups is 1. The van der Waals surface area contributed by atoms with Crippen LogP contribution in [0.5, 0.6) is 0 Å². The quantitative estimate of drug-likeness (QED) is 0.255. The van der Waals surface area contributed by atoms with Crippen molar-refractivity contribution in [1.82, 2.24) is 4.57 Å². The van der Waals surface area contributed by atoms with Crippen LogP contribution in [0.4, 0.5) is 11.4 Å². The fourth-order valence-corrected chi connectivity index (χ4v) is 6.58. The predicted molar refractivity (Wildman–Crippen MR) is 153 cm³/mol. The van der Waals surface area contributed by atoms with Crippen molar-refractivity contribution in [2.24, 2.45) is 4.99 Å². The van der Waals surface area contributed by atoms with Gasteiger partial charge in [-0.25, -0.2) is 0 Å². The molecule has 2 heterocycles. The topological polar surface area (TPSA) is 46.4 Å². The minimum atomic E-state index is -0.0540. The van der Waals surface area contributed by atoms with Gasteiger partial charge in [-0.3, -0.25) is 9.79 Å². The number of benzene rings is 2. The van der Waals surface area contributed by atoms with Crippen molar-refractivity contribution in [3.8, 4) is 5.00 Å². The predicted octanol–water partition coefficient (Wildman–Crippen LogP) is 8.65. The number of carbonyl (C=O) groups is 1. The van der Waals surface area contributed by atoms with Gasteiger partial charge in [-0.1, -0.05) is 47.0 Å². The molecule has 0 aliphatic heterocycles. The van der Waals surface area contributed by atoms with E-state index in [0.29, 0.717) is 15.7 Å². The monoisotopic (exact) mass is 535 g/mol. The fraction of sp³-hybridized carbons (Fsp3) is 0.241. The van der Waals surface area contributed by atoms with Gasteiger partial charge in [-0.2, -0.15) is 0 Å². The van der Waals surface area contributed by atoms with Crippen LogP contribution >= 0.6 is 34.5 Å². The van der Waals surface area contributed by atoms with E-state index < -0.39 is 0 Å². The van der Waals surface area contributed by atoms with Crippen molar-refractivity contribution in [3.05, 3.63) is 97.1 Å². The molecule has 0 atom stereocenters. The summed E-state index contributed by atoms with van der Waals surface area (Å²) >= 11 is 14.2. The number of aryl methyl sites for hydroxylation is 3. The number of carbonyl (C=O) groups excluding carboxylic acids is 1. The van der Waals surface area contributed by atoms with E-state index in [2.05, 4.69) is 34.8 Å². The number of fused-ring (bicyclic) bond motifs is 1. The molecule has 7 heteroatoms. The number of nitrogens with one attached hydrogen (secondary N) is 1. The Balaban J connectivity index is 1.56. The normalized spacial score (nSPS) is 13.2. The molecule has 0 unspecified atom stereocenters. The van der Waals surface area contributed by atoms with Crippen LogP contribution in [0.15, 0.2) is 53.5 Å². The highest BCUT2D eigenvalue weighted by atomic mass is 35.5. The van der Waals surface area contributed by atoms with E-state index >= 15 is 0 Å². The summed E-state index contributed by atoms with van der Waals surface area (Å²) in [4.78, 5) is 19.6. The van der Waals surface area contributed by atoms with Crippen LogP contribution in [0, 0.1) is 20.8 Å². The first-order chi connectivity index (χ1) is 17.3. The zero-order valence-electron chi connectivity index (χ0n) is 20.5. The molecule has 184 valence electrons. The van der Waals surface area contributed by atoms with Crippen LogP contribution in [0.25, 0.3) is 5.00 Å². The van der Waals surface area contributed by atoms with E-state index in [-0.39, 0.29) is 5.91 Å². The molecule has 4 nitrogen and oxygen atoms in total. The van der Waals surface area contributed by atoms with E-state index in [0.717, 1.165) is 64.4 Å². The van der Waals surface area contributed by atoms with E-state index in [1.54, 1.807) is 17.4 Å². The molecule has 1 aliphatic rings. The second-order valence-corrected chi connectivity index (χ2v) is 11.1. The van der Waals surface area contributed by atoms with E-state index in [1.165, 1.54) is 10.4 Å². The van der Waals surface area contributed by atoms with Crippen LogP contribution < -0.4 is 5.32 Å². The van der Waals surface area contributed by atoms with Crippen LogP contribution in [0.1, 0.15) is 56.2 Å². The van der Waals surface area contributed by atoms with Gasteiger partial charge < -0.3 is 9.88 Å². The highest BCUT2D eigenvalue weighted by molar-refractivity contribution is 7.15. The van der Waals surface area contributed by atoms with Gasteiger partial charge in [0, 0.05) is 33.7 Å². The number of hydrogen-bond donors (Lipinski definition) is 1. The lowest BCUT2D eigenvalue weighted by Gasteiger charge is -2.14. The molecule has 2 aromatic heterocycles. The highest BCUT2D eigenvalue weighted by Gasteiger charge is 2.28. The molecule has 1 N–H and O–H groups in total. The summed E-state index contributed by atoms with van der Waals surface area (Å²) < 4.78 is 2.19. The molecular formula is C29H27Cl2N3OS. The lowest BCUT2D eigenvalue weighted by molar-refractivity contribution is 0.102. The maximum atomic E-state index is 13.7. The molecule has 4 aromatic rings. The lowest BCUT2D eigenvalue weighted by atomic mass is 9.95. The smallest absolute Gasteiger partial charge is 0.258 e. The van der Waals surface area contributed by atoms with Gasteiger partial charge in [0.05, 0.1) is 21.3 Å². The summed E-state index contributed by atoms with van der Waals surface area (Å²) in [5.41, 5.74) is 7.62. The third kappa shape index (κ3) is 4.75. The Hall–Kier alpha value is -2.86. The van der Waals surface area contributed by atoms with Gasteiger partial charge in [0.15, 0.2) is 0 Å². The van der Waals surface area contributed by atoms with Crippen molar-refractivity contribution in [1.29, 1.82) is 0 Å². The highest BCUT2D eigenvalue weighted by Crippen LogP contribution is 2.39. The van der Waals surface area contributed by atoms with Crippen LogP contribution in [-0.4, -0.2) is 16.7 Å². The molecule has 1 amide bonds. The van der Waals surface area contributed by atoms with Gasteiger partial charge in [0.1, 0.15) is 5.00 Å². The first kappa shape index (κ1) is 24.8. The molecule has 1 aliphatic carbocycles. The van der Waals surface area contributed by atoms with Crippen LogP contribution in [0.3, 0.4) is 0 Å². The summed E-state index contributed by atoms with van der Waals surface area (Å²) in [5.74, 6) is -0.0540. The molecule has 0 bridgehead atoms. The zero-order valence-corrected chi connectivity index (χ0v) is 22.8. The standard InChI is InChI=1S/C29H27Cl2N3OS/c1-17-11-13-21(14-12-17)33-28(35)26-22-7-4-5-10-25(22)36-29(26)34-18(2)15-20(19(34)3)16-32-24-9-6-8-23(30)27(24)31/h6,8-9,11-16H,4-5,7,10H2,1-3H3,(H,33,35). The first-order valence-corrected chi connectivity index (χ1v) is 13.6. The number of anilines is 1. The minimum Gasteiger partial charge on any atom is -0.322 e. The number of hydrogen-bond acceptors (Lipinski definition) is 3. The van der Waals surface area contributed by atoms with Crippen molar-refractivity contribution in [2.75, 3.05) is 5.32 Å². The SMILES string of the molecule is Cc1ccc(NC(=O)c2c(-n3c(C)cc(C=Nc4cccc(Cl)c4Cl)c3C)sc3c2CCCC3)cc1. The average Bonchev–Trinajstić information content (AvgIpc) is 3.37. The number of rotatable bonds is 5. The number of thiophene rings is 1. The molecule has 2 aromatic carbocycles. The Labute approximate surface area is 225 Å². The minimum absolute atomic E-state index is 0.0540. The van der Waals surface area contributed by atoms with Crippen molar-refractivity contribution in [2.45, 2.75) is 46.5 Å². The molecule has 0 fully saturated rings. The van der Waals surface area contributed by atoms with Gasteiger partial charge in [-0.05, 0) is 82.3 Å². The fourth-order valence-electron chi connectivity index (χ4n) is 4.74. The van der Waals surface area contributed by atoms with E-state index in [4.69, 9.17) is 23.2 Å². The number of aromatic nitrogens is 1. The van der Waals surface area contributed by atoms with E-state index in [1.807, 2.05) is 49.5 Å². The Morgan fingerprint density at radius 3 is 2.58 bits per heavy atom. The molecule has 0 radical (unpaired) electrons. The van der Waals surface area contributed by atoms with Crippen molar-refractivity contribution < 1.29 is 4.79 Å². The van der Waals surface area contributed by atoms with E-state index in [9.17, 15) is 4.79 Å². The molecular weight excluding hydrogens is 509 g/mol. The summed E-state index contributed by atoms with van der Waals surface area (Å²) in [7, 11) is 0. The third-order valence-electron chi connectivity index (χ3n) is 6.64. The summed E-state index contributed by atoms with van der Waals surface area (Å²) in [6.07, 6.45) is 6.04. The van der Waals surface area contributed by atoms with Gasteiger partial charge in [0.25, 0.3) is 5.91 Å². The average molecular weight is 537 g/mol. The van der Waals surface area contributed by atoms with Gasteiger partial charge in [0.2, 0.25) is 0 Å². The molecule has 0 spiro atoms. The summed E-state index contributed by atoms with van der Waals surface area (Å²) in [5, 5.41) is 5.02. The second-order valence-electron chi connectivity index (χ2n) is 9.20. The van der Waals surface area contributed by atoms with Crippen molar-refractivity contribution >= 4 is 58.0 Å². The molecule has 5 rings (SSSR count). The molecule has 0 saturated heterocycles.